The van der Waals surface area contributed by atoms with E-state index in [4.69, 9.17) is 0 Å². The van der Waals surface area contributed by atoms with Gasteiger partial charge in [0, 0.05) is 24.8 Å². The van der Waals surface area contributed by atoms with Gasteiger partial charge >= 0.3 is 18.5 Å². The highest BCUT2D eigenvalue weighted by atomic mass is 19.4. The van der Waals surface area contributed by atoms with Crippen LogP contribution in [0, 0.1) is 6.92 Å². The van der Waals surface area contributed by atoms with Gasteiger partial charge in [0.05, 0.1) is 35.0 Å². The molecule has 0 unspecified atom stereocenters. The zero-order valence-electron chi connectivity index (χ0n) is 23.5. The lowest BCUT2D eigenvalue weighted by Crippen LogP contribution is -2.25. The number of tetrazole rings is 1. The summed E-state index contributed by atoms with van der Waals surface area (Å²) >= 11 is 0. The van der Waals surface area contributed by atoms with E-state index in [1.807, 2.05) is 20.8 Å². The van der Waals surface area contributed by atoms with E-state index in [0.29, 0.717) is 23.4 Å². The number of nitrogens with zero attached hydrogens (tertiary/aromatic N) is 7. The third kappa shape index (κ3) is 7.28. The molecule has 4 rings (SSSR count). The van der Waals surface area contributed by atoms with Crippen LogP contribution in [0.25, 0.3) is 11.3 Å². The van der Waals surface area contributed by atoms with Crippen molar-refractivity contribution in [3.05, 3.63) is 76.0 Å². The maximum absolute atomic E-state index is 13.8. The predicted molar refractivity (Wildman–Crippen MR) is 138 cm³/mol. The average molecular weight is 620 g/mol. The Kier molecular flexibility index (Phi) is 8.04. The van der Waals surface area contributed by atoms with E-state index in [1.54, 1.807) is 17.8 Å². The van der Waals surface area contributed by atoms with E-state index in [2.05, 4.69) is 20.5 Å². The fraction of sp³-hybridized carbons (Fsp3) is 0.407. The van der Waals surface area contributed by atoms with Gasteiger partial charge in [-0.15, -0.1) is 5.10 Å². The molecule has 0 aliphatic heterocycles. The maximum atomic E-state index is 13.8. The zero-order valence-corrected chi connectivity index (χ0v) is 23.5. The summed E-state index contributed by atoms with van der Waals surface area (Å²) in [6.07, 6.45) is -13.2. The van der Waals surface area contributed by atoms with Gasteiger partial charge < -0.3 is 4.90 Å². The summed E-state index contributed by atoms with van der Waals surface area (Å²) in [5.41, 5.74) is -3.67. The van der Waals surface area contributed by atoms with Crippen LogP contribution < -0.4 is 4.90 Å². The molecule has 0 saturated carbocycles. The molecule has 0 radical (unpaired) electrons. The molecule has 2 aromatic carbocycles. The normalized spacial score (nSPS) is 13.1. The van der Waals surface area contributed by atoms with Crippen molar-refractivity contribution >= 4 is 5.95 Å². The van der Waals surface area contributed by atoms with Gasteiger partial charge in [-0.3, -0.25) is 4.68 Å². The summed E-state index contributed by atoms with van der Waals surface area (Å²) in [6.45, 7) is 6.29. The highest BCUT2D eigenvalue weighted by Crippen LogP contribution is 2.38. The molecule has 0 amide bonds. The second kappa shape index (κ2) is 10.9. The minimum Gasteiger partial charge on any atom is -0.330 e. The van der Waals surface area contributed by atoms with Crippen molar-refractivity contribution in [1.82, 2.24) is 30.0 Å². The number of anilines is 1. The Morgan fingerprint density at radius 3 is 1.79 bits per heavy atom. The minimum atomic E-state index is -5.09. The van der Waals surface area contributed by atoms with Crippen molar-refractivity contribution in [2.45, 2.75) is 64.9 Å². The standard InChI is InChI=1S/C27H26F9N7/c1-15-12-43(24(2,3)4)38-22(15)21-7-6-18(25(28,29)30)10-17(21)14-42(23-37-40-41(5)39-23)13-16-8-19(26(31,32)33)11-20(9-16)27(34,35)36/h6-12H,13-14H2,1-5H3. The van der Waals surface area contributed by atoms with Crippen LogP contribution in [0.5, 0.6) is 0 Å². The van der Waals surface area contributed by atoms with E-state index in [0.717, 1.165) is 21.8 Å². The molecular weight excluding hydrogens is 593 g/mol. The zero-order chi connectivity index (χ0) is 32.1. The number of hydrogen-bond acceptors (Lipinski definition) is 5. The van der Waals surface area contributed by atoms with Crippen LogP contribution >= 0.6 is 0 Å². The van der Waals surface area contributed by atoms with E-state index in [9.17, 15) is 39.5 Å². The number of alkyl halides is 9. The average Bonchev–Trinajstić information content (AvgIpc) is 3.47. The van der Waals surface area contributed by atoms with E-state index >= 15 is 0 Å². The molecule has 232 valence electrons. The third-order valence-corrected chi connectivity index (χ3v) is 6.43. The Morgan fingerprint density at radius 2 is 1.33 bits per heavy atom. The predicted octanol–water partition coefficient (Wildman–Crippen LogP) is 7.40. The molecule has 43 heavy (non-hydrogen) atoms. The Bertz CT molecular complexity index is 1570. The van der Waals surface area contributed by atoms with Gasteiger partial charge in [-0.1, -0.05) is 11.2 Å². The number of halogens is 9. The number of benzene rings is 2. The summed E-state index contributed by atoms with van der Waals surface area (Å²) < 4.78 is 124. The summed E-state index contributed by atoms with van der Waals surface area (Å²) in [6, 6.07) is 4.05. The lowest BCUT2D eigenvalue weighted by Gasteiger charge is -2.24. The Morgan fingerprint density at radius 1 is 0.744 bits per heavy atom. The summed E-state index contributed by atoms with van der Waals surface area (Å²) in [5.74, 6) is -0.228. The molecule has 0 fully saturated rings. The quantitative estimate of drug-likeness (QED) is 0.211. The highest BCUT2D eigenvalue weighted by molar-refractivity contribution is 5.68. The largest absolute Gasteiger partial charge is 0.416 e. The molecule has 2 heterocycles. The van der Waals surface area contributed by atoms with E-state index < -0.39 is 59.4 Å². The fourth-order valence-electron chi connectivity index (χ4n) is 4.34. The molecule has 0 spiro atoms. The highest BCUT2D eigenvalue weighted by Gasteiger charge is 2.37. The van der Waals surface area contributed by atoms with E-state index in [-0.39, 0.29) is 23.1 Å². The first-order valence-electron chi connectivity index (χ1n) is 12.7. The van der Waals surface area contributed by atoms with Gasteiger partial charge in [-0.2, -0.15) is 49.4 Å². The second-order valence-electron chi connectivity index (χ2n) is 11.0. The van der Waals surface area contributed by atoms with Crippen LogP contribution in [0.2, 0.25) is 0 Å². The summed E-state index contributed by atoms with van der Waals surface area (Å²) in [7, 11) is 1.37. The molecule has 16 heteroatoms. The number of rotatable bonds is 6. The lowest BCUT2D eigenvalue weighted by atomic mass is 9.98. The fourth-order valence-corrected chi connectivity index (χ4v) is 4.34. The Labute approximate surface area is 239 Å². The number of aromatic nitrogens is 6. The molecule has 0 atom stereocenters. The number of hydrogen-bond donors (Lipinski definition) is 0. The topological polar surface area (TPSA) is 64.7 Å². The smallest absolute Gasteiger partial charge is 0.330 e. The van der Waals surface area contributed by atoms with Crippen molar-refractivity contribution in [3.8, 4) is 11.3 Å². The molecule has 7 nitrogen and oxygen atoms in total. The molecule has 0 bridgehead atoms. The molecule has 2 aromatic heterocycles. The van der Waals surface area contributed by atoms with Gasteiger partial charge in [-0.25, -0.2) is 0 Å². The summed E-state index contributed by atoms with van der Waals surface area (Å²) in [4.78, 5) is 2.15. The van der Waals surface area contributed by atoms with Crippen molar-refractivity contribution in [2.24, 2.45) is 7.05 Å². The van der Waals surface area contributed by atoms with Gasteiger partial charge in [-0.05, 0) is 79.9 Å². The van der Waals surface area contributed by atoms with Crippen LogP contribution in [-0.2, 0) is 44.2 Å². The first-order chi connectivity index (χ1) is 19.6. The first kappa shape index (κ1) is 31.8. The van der Waals surface area contributed by atoms with Gasteiger partial charge in [0.15, 0.2) is 0 Å². The summed E-state index contributed by atoms with van der Waals surface area (Å²) in [5, 5.41) is 16.1. The molecule has 0 aliphatic carbocycles. The minimum absolute atomic E-state index is 0.00631. The SMILES string of the molecule is Cc1cn(C(C)(C)C)nc1-c1ccc(C(F)(F)F)cc1CN(Cc1cc(C(F)(F)F)cc(C(F)(F)F)c1)c1nnn(C)n1. The van der Waals surface area contributed by atoms with Crippen LogP contribution in [0.1, 0.15) is 54.2 Å². The van der Waals surface area contributed by atoms with Crippen LogP contribution in [-0.4, -0.2) is 30.0 Å². The van der Waals surface area contributed by atoms with Crippen LogP contribution in [0.3, 0.4) is 0 Å². The van der Waals surface area contributed by atoms with Crippen molar-refractivity contribution in [2.75, 3.05) is 4.90 Å². The molecular formula is C27H26F9N7. The third-order valence-electron chi connectivity index (χ3n) is 6.43. The van der Waals surface area contributed by atoms with Crippen LogP contribution in [0.15, 0.2) is 42.6 Å². The lowest BCUT2D eigenvalue weighted by molar-refractivity contribution is -0.143. The second-order valence-corrected chi connectivity index (χ2v) is 11.0. The molecule has 4 aromatic rings. The van der Waals surface area contributed by atoms with Crippen molar-refractivity contribution < 1.29 is 39.5 Å². The maximum Gasteiger partial charge on any atom is 0.416 e. The molecule has 0 N–H and O–H groups in total. The monoisotopic (exact) mass is 619 g/mol. The van der Waals surface area contributed by atoms with E-state index in [1.165, 1.54) is 13.1 Å². The Hall–Kier alpha value is -4.11. The molecule has 0 aliphatic rings. The van der Waals surface area contributed by atoms with Crippen LogP contribution in [0.4, 0.5) is 45.5 Å². The number of aryl methyl sites for hydroxylation is 2. The molecule has 0 saturated heterocycles. The van der Waals surface area contributed by atoms with Crippen molar-refractivity contribution in [3.63, 3.8) is 0 Å². The first-order valence-corrected chi connectivity index (χ1v) is 12.7. The van der Waals surface area contributed by atoms with Crippen molar-refractivity contribution in [1.29, 1.82) is 0 Å². The van der Waals surface area contributed by atoms with Gasteiger partial charge in [0.2, 0.25) is 0 Å². The van der Waals surface area contributed by atoms with Gasteiger partial charge in [0.1, 0.15) is 0 Å². The Balaban J connectivity index is 1.87. The van der Waals surface area contributed by atoms with Gasteiger partial charge in [0.25, 0.3) is 5.95 Å².